The third-order valence-corrected chi connectivity index (χ3v) is 4.59. The molecular formula is C20H33NO. The van der Waals surface area contributed by atoms with Crippen molar-refractivity contribution in [1.82, 2.24) is 4.90 Å². The first kappa shape index (κ1) is 17.5. The summed E-state index contributed by atoms with van der Waals surface area (Å²) >= 11 is 0. The van der Waals surface area contributed by atoms with Gasteiger partial charge in [0.25, 0.3) is 0 Å². The Kier molecular flexibility index (Phi) is 5.34. The van der Waals surface area contributed by atoms with E-state index < -0.39 is 0 Å². The van der Waals surface area contributed by atoms with Crippen LogP contribution >= 0.6 is 0 Å². The van der Waals surface area contributed by atoms with E-state index in [9.17, 15) is 0 Å². The quantitative estimate of drug-likeness (QED) is 0.796. The van der Waals surface area contributed by atoms with Crippen molar-refractivity contribution >= 4 is 0 Å². The maximum atomic E-state index is 5.90. The van der Waals surface area contributed by atoms with Gasteiger partial charge in [0.1, 0.15) is 0 Å². The van der Waals surface area contributed by atoms with Gasteiger partial charge in [-0.25, -0.2) is 0 Å². The van der Waals surface area contributed by atoms with Crippen molar-refractivity contribution in [2.75, 3.05) is 13.1 Å². The summed E-state index contributed by atoms with van der Waals surface area (Å²) < 4.78 is 5.90. The number of hydrogen-bond donors (Lipinski definition) is 0. The Balaban J connectivity index is 2.24. The standard InChI is InChI=1S/C20H33NO/c1-14(2)19(21-12-15(3)22-16(4)13-21)17-8-10-18(11-9-17)20(5,6)7/h8-11,14-16,19H,12-13H2,1-7H3/t15-,16+,19?. The summed E-state index contributed by atoms with van der Waals surface area (Å²) in [6, 6.07) is 9.74. The van der Waals surface area contributed by atoms with Crippen molar-refractivity contribution in [2.45, 2.75) is 72.1 Å². The van der Waals surface area contributed by atoms with Gasteiger partial charge in [-0.2, -0.15) is 0 Å². The van der Waals surface area contributed by atoms with Gasteiger partial charge in [0, 0.05) is 19.1 Å². The molecule has 0 radical (unpaired) electrons. The largest absolute Gasteiger partial charge is 0.373 e. The highest BCUT2D eigenvalue weighted by molar-refractivity contribution is 5.29. The molecule has 0 aromatic heterocycles. The highest BCUT2D eigenvalue weighted by Crippen LogP contribution is 2.32. The number of rotatable bonds is 3. The van der Waals surface area contributed by atoms with Crippen LogP contribution in [0.3, 0.4) is 0 Å². The van der Waals surface area contributed by atoms with Crippen molar-refractivity contribution in [2.24, 2.45) is 5.92 Å². The van der Waals surface area contributed by atoms with E-state index in [4.69, 9.17) is 4.74 Å². The molecule has 1 unspecified atom stereocenters. The lowest BCUT2D eigenvalue weighted by molar-refractivity contribution is -0.0862. The summed E-state index contributed by atoms with van der Waals surface area (Å²) in [5.41, 5.74) is 3.06. The molecular weight excluding hydrogens is 270 g/mol. The molecule has 1 aliphatic heterocycles. The van der Waals surface area contributed by atoms with E-state index in [1.54, 1.807) is 0 Å². The molecule has 0 spiro atoms. The molecule has 22 heavy (non-hydrogen) atoms. The van der Waals surface area contributed by atoms with Gasteiger partial charge in [-0.3, -0.25) is 4.90 Å². The highest BCUT2D eigenvalue weighted by Gasteiger charge is 2.30. The first-order valence-electron chi connectivity index (χ1n) is 8.68. The van der Waals surface area contributed by atoms with Crippen LogP contribution in [0.4, 0.5) is 0 Å². The SMILES string of the molecule is CC(C)C(c1ccc(C(C)(C)C)cc1)N1C[C@@H](C)O[C@@H](C)C1. The van der Waals surface area contributed by atoms with Crippen LogP contribution in [0.25, 0.3) is 0 Å². The fraction of sp³-hybridized carbons (Fsp3) is 0.700. The Morgan fingerprint density at radius 3 is 1.91 bits per heavy atom. The Labute approximate surface area is 136 Å². The van der Waals surface area contributed by atoms with Crippen LogP contribution in [0.1, 0.15) is 65.6 Å². The summed E-state index contributed by atoms with van der Waals surface area (Å²) in [6.45, 7) is 17.9. The molecule has 1 aliphatic rings. The number of benzene rings is 1. The molecule has 0 saturated carbocycles. The summed E-state index contributed by atoms with van der Waals surface area (Å²) in [5.74, 6) is 0.595. The van der Waals surface area contributed by atoms with Gasteiger partial charge in [0.2, 0.25) is 0 Å². The normalized spacial score (nSPS) is 25.5. The van der Waals surface area contributed by atoms with Crippen LogP contribution in [-0.2, 0) is 10.2 Å². The van der Waals surface area contributed by atoms with E-state index in [0.717, 1.165) is 13.1 Å². The smallest absolute Gasteiger partial charge is 0.0678 e. The second-order valence-electron chi connectivity index (χ2n) is 8.27. The predicted molar refractivity (Wildman–Crippen MR) is 94.3 cm³/mol. The van der Waals surface area contributed by atoms with Crippen LogP contribution in [0.15, 0.2) is 24.3 Å². The summed E-state index contributed by atoms with van der Waals surface area (Å²) in [7, 11) is 0. The molecule has 0 N–H and O–H groups in total. The summed E-state index contributed by atoms with van der Waals surface area (Å²) in [5, 5.41) is 0. The first-order chi connectivity index (χ1) is 10.2. The minimum atomic E-state index is 0.216. The molecule has 0 amide bonds. The van der Waals surface area contributed by atoms with Crippen molar-refractivity contribution in [3.8, 4) is 0 Å². The number of ether oxygens (including phenoxy) is 1. The van der Waals surface area contributed by atoms with Gasteiger partial charge >= 0.3 is 0 Å². The highest BCUT2D eigenvalue weighted by atomic mass is 16.5. The Hall–Kier alpha value is -0.860. The fourth-order valence-corrected chi connectivity index (χ4v) is 3.64. The number of hydrogen-bond acceptors (Lipinski definition) is 2. The van der Waals surface area contributed by atoms with E-state index in [-0.39, 0.29) is 5.41 Å². The van der Waals surface area contributed by atoms with Crippen molar-refractivity contribution in [1.29, 1.82) is 0 Å². The zero-order valence-corrected chi connectivity index (χ0v) is 15.4. The zero-order valence-electron chi connectivity index (χ0n) is 15.4. The van der Waals surface area contributed by atoms with E-state index in [0.29, 0.717) is 24.2 Å². The summed E-state index contributed by atoms with van der Waals surface area (Å²) in [6.07, 6.45) is 0.637. The lowest BCUT2D eigenvalue weighted by Gasteiger charge is -2.42. The molecule has 0 aliphatic carbocycles. The monoisotopic (exact) mass is 303 g/mol. The molecule has 2 heteroatoms. The van der Waals surface area contributed by atoms with E-state index in [1.807, 2.05) is 0 Å². The molecule has 1 aromatic carbocycles. The lowest BCUT2D eigenvalue weighted by atomic mass is 9.85. The number of nitrogens with zero attached hydrogens (tertiary/aromatic N) is 1. The van der Waals surface area contributed by atoms with E-state index in [2.05, 4.69) is 77.6 Å². The van der Waals surface area contributed by atoms with Gasteiger partial charge < -0.3 is 4.74 Å². The maximum absolute atomic E-state index is 5.90. The molecule has 3 atom stereocenters. The third kappa shape index (κ3) is 4.11. The third-order valence-electron chi connectivity index (χ3n) is 4.59. The molecule has 1 fully saturated rings. The van der Waals surface area contributed by atoms with Gasteiger partial charge in [0.15, 0.2) is 0 Å². The topological polar surface area (TPSA) is 12.5 Å². The molecule has 1 saturated heterocycles. The molecule has 2 rings (SSSR count). The average Bonchev–Trinajstić information content (AvgIpc) is 2.36. The van der Waals surface area contributed by atoms with Crippen molar-refractivity contribution < 1.29 is 4.74 Å². The van der Waals surface area contributed by atoms with Gasteiger partial charge in [0.05, 0.1) is 12.2 Å². The molecule has 1 heterocycles. The van der Waals surface area contributed by atoms with Gasteiger partial charge in [-0.15, -0.1) is 0 Å². The van der Waals surface area contributed by atoms with Crippen LogP contribution in [0.2, 0.25) is 0 Å². The van der Waals surface area contributed by atoms with Gasteiger partial charge in [-0.1, -0.05) is 58.9 Å². The van der Waals surface area contributed by atoms with E-state index in [1.165, 1.54) is 11.1 Å². The second-order valence-corrected chi connectivity index (χ2v) is 8.27. The minimum absolute atomic E-state index is 0.216. The Morgan fingerprint density at radius 1 is 1.00 bits per heavy atom. The lowest BCUT2D eigenvalue weighted by Crippen LogP contribution is -2.48. The first-order valence-corrected chi connectivity index (χ1v) is 8.68. The van der Waals surface area contributed by atoms with Gasteiger partial charge in [-0.05, 0) is 36.3 Å². The van der Waals surface area contributed by atoms with Crippen LogP contribution in [0.5, 0.6) is 0 Å². The molecule has 2 nitrogen and oxygen atoms in total. The van der Waals surface area contributed by atoms with E-state index >= 15 is 0 Å². The zero-order chi connectivity index (χ0) is 16.5. The van der Waals surface area contributed by atoms with Crippen molar-refractivity contribution in [3.05, 3.63) is 35.4 Å². The van der Waals surface area contributed by atoms with Crippen LogP contribution < -0.4 is 0 Å². The minimum Gasteiger partial charge on any atom is -0.373 e. The van der Waals surface area contributed by atoms with Crippen LogP contribution in [0, 0.1) is 5.92 Å². The average molecular weight is 303 g/mol. The second kappa shape index (κ2) is 6.72. The Morgan fingerprint density at radius 2 is 1.50 bits per heavy atom. The maximum Gasteiger partial charge on any atom is 0.0678 e. The molecule has 124 valence electrons. The summed E-state index contributed by atoms with van der Waals surface area (Å²) in [4.78, 5) is 2.61. The number of morpholine rings is 1. The fourth-order valence-electron chi connectivity index (χ4n) is 3.64. The van der Waals surface area contributed by atoms with Crippen molar-refractivity contribution in [3.63, 3.8) is 0 Å². The molecule has 0 bridgehead atoms. The Bertz CT molecular complexity index is 461. The molecule has 1 aromatic rings. The van der Waals surface area contributed by atoms with Crippen LogP contribution in [-0.4, -0.2) is 30.2 Å². The predicted octanol–water partition coefficient (Wildman–Crippen LogP) is 4.79.